The maximum absolute atomic E-state index is 12.7. The highest BCUT2D eigenvalue weighted by Crippen LogP contribution is 2.16. The maximum Gasteiger partial charge on any atom is 0.227 e. The average molecular weight is 501 g/mol. The lowest BCUT2D eigenvalue weighted by Gasteiger charge is -2.34. The van der Waals surface area contributed by atoms with Gasteiger partial charge in [0.05, 0.1) is 6.54 Å². The predicted molar refractivity (Wildman–Crippen MR) is 129 cm³/mol. The molecule has 0 unspecified atom stereocenters. The van der Waals surface area contributed by atoms with E-state index in [4.69, 9.17) is 20.6 Å². The lowest BCUT2D eigenvalue weighted by Crippen LogP contribution is -2.48. The van der Waals surface area contributed by atoms with Crippen molar-refractivity contribution < 1.29 is 18.6 Å². The molecule has 4 rings (SSSR count). The van der Waals surface area contributed by atoms with Crippen LogP contribution in [0.2, 0.25) is 5.15 Å². The topological polar surface area (TPSA) is 109 Å². The highest BCUT2D eigenvalue weighted by atomic mass is 35.5. The Balaban J connectivity index is 1.19. The summed E-state index contributed by atoms with van der Waals surface area (Å²) in [6.45, 7) is 5.83. The van der Waals surface area contributed by atoms with E-state index in [9.17, 15) is 9.59 Å². The third-order valence-corrected chi connectivity index (χ3v) is 6.13. The van der Waals surface area contributed by atoms with Crippen LogP contribution < -0.4 is 4.90 Å². The molecule has 0 radical (unpaired) electrons. The van der Waals surface area contributed by atoms with Gasteiger partial charge >= 0.3 is 0 Å². The second-order valence-electron chi connectivity index (χ2n) is 8.35. The van der Waals surface area contributed by atoms with Crippen LogP contribution in [0.1, 0.15) is 37.2 Å². The van der Waals surface area contributed by atoms with Gasteiger partial charge in [-0.05, 0) is 19.1 Å². The van der Waals surface area contributed by atoms with Gasteiger partial charge in [0.2, 0.25) is 17.7 Å². The highest BCUT2D eigenvalue weighted by Gasteiger charge is 2.23. The van der Waals surface area contributed by atoms with Gasteiger partial charge in [-0.25, -0.2) is 0 Å². The van der Waals surface area contributed by atoms with Gasteiger partial charge in [0.15, 0.2) is 11.0 Å². The number of piperazine rings is 1. The van der Waals surface area contributed by atoms with Crippen molar-refractivity contribution in [1.29, 1.82) is 0 Å². The Labute approximate surface area is 208 Å². The maximum atomic E-state index is 12.7. The third kappa shape index (κ3) is 6.89. The molecule has 1 aromatic carbocycles. The second kappa shape index (κ2) is 11.9. The number of hydrogen-bond acceptors (Lipinski definition) is 8. The quantitative estimate of drug-likeness (QED) is 0.418. The molecule has 1 saturated heterocycles. The first-order chi connectivity index (χ1) is 17.0. The molecule has 2 amide bonds. The number of para-hydroxylation sites is 1. The fraction of sp³-hybridized carbons (Fsp3) is 0.458. The van der Waals surface area contributed by atoms with Crippen molar-refractivity contribution in [3.63, 3.8) is 0 Å². The van der Waals surface area contributed by atoms with Crippen molar-refractivity contribution >= 4 is 29.1 Å². The summed E-state index contributed by atoms with van der Waals surface area (Å²) in [5, 5.41) is 7.99. The number of anilines is 1. The fourth-order valence-electron chi connectivity index (χ4n) is 4.06. The molecular formula is C24H29ClN6O4. The number of hydrogen-bond donors (Lipinski definition) is 0. The van der Waals surface area contributed by atoms with Gasteiger partial charge in [-0.2, -0.15) is 4.98 Å². The summed E-state index contributed by atoms with van der Waals surface area (Å²) < 4.78 is 10.4. The number of nitrogens with zero attached hydrogens (tertiary/aromatic N) is 6. The fourth-order valence-corrected chi connectivity index (χ4v) is 4.22. The van der Waals surface area contributed by atoms with E-state index in [-0.39, 0.29) is 11.8 Å². The van der Waals surface area contributed by atoms with Gasteiger partial charge in [0.25, 0.3) is 0 Å². The summed E-state index contributed by atoms with van der Waals surface area (Å²) >= 11 is 5.74. The number of carbonyl (C=O) groups is 2. The van der Waals surface area contributed by atoms with E-state index in [2.05, 4.69) is 20.2 Å². The normalized spacial score (nSPS) is 14.3. The van der Waals surface area contributed by atoms with Gasteiger partial charge in [-0.15, -0.1) is 0 Å². The Morgan fingerprint density at radius 2 is 1.80 bits per heavy atom. The summed E-state index contributed by atoms with van der Waals surface area (Å²) in [5.41, 5.74) is 0.881. The highest BCUT2D eigenvalue weighted by molar-refractivity contribution is 6.29. The van der Waals surface area contributed by atoms with Gasteiger partial charge in [0.1, 0.15) is 5.76 Å². The number of amides is 2. The first-order valence-electron chi connectivity index (χ1n) is 11.8. The summed E-state index contributed by atoms with van der Waals surface area (Å²) in [7, 11) is 0. The zero-order chi connectivity index (χ0) is 24.6. The minimum atomic E-state index is 0.0191. The van der Waals surface area contributed by atoms with Crippen LogP contribution in [-0.4, -0.2) is 69.6 Å². The number of carbonyl (C=O) groups excluding carboxylic acids is 2. The summed E-state index contributed by atoms with van der Waals surface area (Å²) in [6.07, 6.45) is 1.53. The molecule has 1 aliphatic rings. The van der Waals surface area contributed by atoms with Crippen LogP contribution in [0.5, 0.6) is 0 Å². The van der Waals surface area contributed by atoms with E-state index in [0.29, 0.717) is 74.5 Å². The molecular weight excluding hydrogens is 472 g/mol. The molecule has 0 bridgehead atoms. The van der Waals surface area contributed by atoms with E-state index < -0.39 is 0 Å². The van der Waals surface area contributed by atoms with Crippen LogP contribution in [0, 0.1) is 0 Å². The molecule has 0 saturated carbocycles. The van der Waals surface area contributed by atoms with E-state index in [1.165, 1.54) is 0 Å². The average Bonchev–Trinajstić information content (AvgIpc) is 3.51. The van der Waals surface area contributed by atoms with Crippen LogP contribution in [0.4, 0.5) is 5.69 Å². The predicted octanol–water partition coefficient (Wildman–Crippen LogP) is 2.97. The number of benzene rings is 1. The van der Waals surface area contributed by atoms with Gasteiger partial charge in [0, 0.05) is 70.2 Å². The van der Waals surface area contributed by atoms with Crippen molar-refractivity contribution in [3.8, 4) is 0 Å². The second-order valence-corrected chi connectivity index (χ2v) is 8.74. The molecule has 11 heteroatoms. The minimum absolute atomic E-state index is 0.0191. The van der Waals surface area contributed by atoms with Crippen LogP contribution in [-0.2, 0) is 29.0 Å². The molecule has 3 aromatic rings. The molecule has 1 aliphatic heterocycles. The van der Waals surface area contributed by atoms with Crippen molar-refractivity contribution in [2.24, 2.45) is 0 Å². The van der Waals surface area contributed by atoms with Crippen LogP contribution in [0.25, 0.3) is 0 Å². The van der Waals surface area contributed by atoms with Crippen molar-refractivity contribution in [3.05, 3.63) is 59.0 Å². The number of aryl methyl sites for hydroxylation is 2. The summed E-state index contributed by atoms with van der Waals surface area (Å²) in [6, 6.07) is 11.2. The van der Waals surface area contributed by atoms with Crippen LogP contribution in [0.15, 0.2) is 45.4 Å². The molecule has 0 spiro atoms. The molecule has 1 fully saturated rings. The Kier molecular flexibility index (Phi) is 8.49. The number of aromatic nitrogens is 3. The van der Waals surface area contributed by atoms with Crippen LogP contribution in [0.3, 0.4) is 0 Å². The van der Waals surface area contributed by atoms with Crippen molar-refractivity contribution in [2.75, 3.05) is 37.6 Å². The van der Waals surface area contributed by atoms with E-state index in [1.54, 1.807) is 11.0 Å². The van der Waals surface area contributed by atoms with Gasteiger partial charge in [-0.1, -0.05) is 40.1 Å². The van der Waals surface area contributed by atoms with Gasteiger partial charge < -0.3 is 18.8 Å². The first kappa shape index (κ1) is 24.9. The summed E-state index contributed by atoms with van der Waals surface area (Å²) in [5.74, 6) is 1.76. The van der Waals surface area contributed by atoms with E-state index in [0.717, 1.165) is 18.8 Å². The monoisotopic (exact) mass is 500 g/mol. The smallest absolute Gasteiger partial charge is 0.227 e. The Bertz CT molecular complexity index is 1110. The van der Waals surface area contributed by atoms with Gasteiger partial charge in [-0.3, -0.25) is 14.5 Å². The number of rotatable bonds is 10. The first-order valence-corrected chi connectivity index (χ1v) is 12.2. The Hall–Kier alpha value is -3.24. The Morgan fingerprint density at radius 1 is 1.03 bits per heavy atom. The summed E-state index contributed by atoms with van der Waals surface area (Å²) in [4.78, 5) is 35.4. The zero-order valence-corrected chi connectivity index (χ0v) is 20.5. The molecule has 10 nitrogen and oxygen atoms in total. The number of halogens is 1. The largest absolute Gasteiger partial charge is 0.360 e. The molecule has 0 atom stereocenters. The minimum Gasteiger partial charge on any atom is -0.360 e. The molecule has 186 valence electrons. The van der Waals surface area contributed by atoms with Crippen LogP contribution >= 0.6 is 11.6 Å². The van der Waals surface area contributed by atoms with Crippen molar-refractivity contribution in [2.45, 2.75) is 39.2 Å². The zero-order valence-electron chi connectivity index (χ0n) is 19.7. The van der Waals surface area contributed by atoms with Crippen molar-refractivity contribution in [1.82, 2.24) is 25.1 Å². The molecule has 0 N–H and O–H groups in total. The molecule has 35 heavy (non-hydrogen) atoms. The Morgan fingerprint density at radius 3 is 2.49 bits per heavy atom. The lowest BCUT2D eigenvalue weighted by molar-refractivity contribution is -0.133. The van der Waals surface area contributed by atoms with E-state index >= 15 is 0 Å². The molecule has 0 aliphatic carbocycles. The molecule has 3 heterocycles. The SMILES string of the molecule is CCN(C(=O)CCc1nc(CN2CCN(C(=O)CCc3cc(Cl)no3)CC2)no1)c1ccccc1. The molecule has 2 aromatic heterocycles. The lowest BCUT2D eigenvalue weighted by atomic mass is 10.2. The van der Waals surface area contributed by atoms with E-state index in [1.807, 2.05) is 42.2 Å². The standard InChI is InChI=1S/C24H29ClN6O4/c1-2-31(18-6-4-3-5-7-18)24(33)11-9-22-26-21(28-35-22)17-29-12-14-30(15-13-29)23(32)10-8-19-16-20(25)27-34-19/h3-7,16H,2,8-15,17H2,1H3. The third-order valence-electron chi connectivity index (χ3n) is 5.95.